The van der Waals surface area contributed by atoms with E-state index in [1.54, 1.807) is 6.08 Å². The largest absolute Gasteiger partial charge is 0.461 e. The molecule has 1 fully saturated rings. The molecule has 1 aliphatic carbocycles. The molecule has 0 unspecified atom stereocenters. The van der Waals surface area contributed by atoms with Crippen LogP contribution in [0, 0.1) is 11.8 Å². The van der Waals surface area contributed by atoms with Crippen molar-refractivity contribution in [2.45, 2.75) is 25.7 Å². The highest BCUT2D eigenvalue weighted by Gasteiger charge is 2.26. The van der Waals surface area contributed by atoms with Crippen molar-refractivity contribution in [1.82, 2.24) is 0 Å². The van der Waals surface area contributed by atoms with E-state index in [9.17, 15) is 4.79 Å². The molecule has 0 bridgehead atoms. The van der Waals surface area contributed by atoms with E-state index in [1.807, 2.05) is 0 Å². The molecule has 3 heteroatoms. The van der Waals surface area contributed by atoms with E-state index in [1.165, 1.54) is 0 Å². The molecule has 0 aromatic heterocycles. The second kappa shape index (κ2) is 5.81. The van der Waals surface area contributed by atoms with Gasteiger partial charge in [0.25, 0.3) is 0 Å². The normalized spacial score (nSPS) is 26.9. The van der Waals surface area contributed by atoms with Crippen LogP contribution in [-0.2, 0) is 9.53 Å². The number of hydrogen-bond donors (Lipinski definition) is 1. The SMILES string of the molecule is C=CCOC(=O)C1CCC(CN)CC1. The minimum atomic E-state index is -0.0691. The Morgan fingerprint density at radius 3 is 2.57 bits per heavy atom. The van der Waals surface area contributed by atoms with E-state index < -0.39 is 0 Å². The molecule has 0 saturated heterocycles. The lowest BCUT2D eigenvalue weighted by atomic mass is 9.82. The van der Waals surface area contributed by atoms with Gasteiger partial charge in [-0.2, -0.15) is 0 Å². The molecule has 0 radical (unpaired) electrons. The molecule has 0 amide bonds. The summed E-state index contributed by atoms with van der Waals surface area (Å²) in [6.45, 7) is 4.58. The lowest BCUT2D eigenvalue weighted by molar-refractivity contribution is -0.148. The number of nitrogens with two attached hydrogens (primary N) is 1. The van der Waals surface area contributed by atoms with Gasteiger partial charge in [0, 0.05) is 0 Å². The van der Waals surface area contributed by atoms with Gasteiger partial charge in [0.1, 0.15) is 6.61 Å². The minimum Gasteiger partial charge on any atom is -0.461 e. The summed E-state index contributed by atoms with van der Waals surface area (Å²) in [6.07, 6.45) is 5.58. The van der Waals surface area contributed by atoms with Crippen molar-refractivity contribution < 1.29 is 9.53 Å². The second-order valence-electron chi connectivity index (χ2n) is 3.87. The number of ether oxygens (including phenoxy) is 1. The van der Waals surface area contributed by atoms with Crippen molar-refractivity contribution >= 4 is 5.97 Å². The van der Waals surface area contributed by atoms with Crippen LogP contribution in [-0.4, -0.2) is 19.1 Å². The van der Waals surface area contributed by atoms with Crippen molar-refractivity contribution in [1.29, 1.82) is 0 Å². The van der Waals surface area contributed by atoms with E-state index >= 15 is 0 Å². The molecule has 0 heterocycles. The molecule has 0 aromatic rings. The van der Waals surface area contributed by atoms with Gasteiger partial charge >= 0.3 is 5.97 Å². The fourth-order valence-corrected chi connectivity index (χ4v) is 1.89. The van der Waals surface area contributed by atoms with Gasteiger partial charge in [-0.15, -0.1) is 0 Å². The monoisotopic (exact) mass is 197 g/mol. The Morgan fingerprint density at radius 2 is 2.07 bits per heavy atom. The van der Waals surface area contributed by atoms with E-state index in [-0.39, 0.29) is 11.9 Å². The predicted molar refractivity (Wildman–Crippen MR) is 55.7 cm³/mol. The molecule has 0 aliphatic heterocycles. The lowest BCUT2D eigenvalue weighted by Gasteiger charge is -2.25. The molecular formula is C11H19NO2. The number of carbonyl (C=O) groups is 1. The molecule has 1 saturated carbocycles. The molecule has 1 aliphatic rings. The summed E-state index contributed by atoms with van der Waals surface area (Å²) in [5.41, 5.74) is 5.58. The number of hydrogen-bond acceptors (Lipinski definition) is 3. The zero-order chi connectivity index (χ0) is 10.4. The first-order valence-corrected chi connectivity index (χ1v) is 5.25. The summed E-state index contributed by atoms with van der Waals surface area (Å²) in [5.74, 6) is 0.636. The highest BCUT2D eigenvalue weighted by atomic mass is 16.5. The highest BCUT2D eigenvalue weighted by Crippen LogP contribution is 2.28. The van der Waals surface area contributed by atoms with E-state index in [2.05, 4.69) is 6.58 Å². The first-order valence-electron chi connectivity index (χ1n) is 5.25. The zero-order valence-corrected chi connectivity index (χ0v) is 8.58. The van der Waals surface area contributed by atoms with Crippen LogP contribution in [0.3, 0.4) is 0 Å². The van der Waals surface area contributed by atoms with Crippen molar-refractivity contribution in [3.8, 4) is 0 Å². The van der Waals surface area contributed by atoms with Crippen LogP contribution >= 0.6 is 0 Å². The van der Waals surface area contributed by atoms with Crippen molar-refractivity contribution in [2.24, 2.45) is 17.6 Å². The van der Waals surface area contributed by atoms with Crippen LogP contribution in [0.15, 0.2) is 12.7 Å². The summed E-state index contributed by atoms with van der Waals surface area (Å²) in [4.78, 5) is 11.5. The third kappa shape index (κ3) is 3.14. The molecule has 14 heavy (non-hydrogen) atoms. The molecule has 0 spiro atoms. The van der Waals surface area contributed by atoms with Gasteiger partial charge in [-0.1, -0.05) is 12.7 Å². The van der Waals surface area contributed by atoms with Crippen LogP contribution in [0.2, 0.25) is 0 Å². The quantitative estimate of drug-likeness (QED) is 0.548. The minimum absolute atomic E-state index is 0.0691. The Balaban J connectivity index is 2.26. The summed E-state index contributed by atoms with van der Waals surface area (Å²) in [5, 5.41) is 0. The first kappa shape index (κ1) is 11.2. The molecule has 3 nitrogen and oxygen atoms in total. The van der Waals surface area contributed by atoms with Crippen molar-refractivity contribution in [3.63, 3.8) is 0 Å². The molecule has 2 N–H and O–H groups in total. The van der Waals surface area contributed by atoms with E-state index in [0.717, 1.165) is 32.2 Å². The van der Waals surface area contributed by atoms with E-state index in [4.69, 9.17) is 10.5 Å². The number of rotatable bonds is 4. The predicted octanol–water partition coefficient (Wildman–Crippen LogP) is 1.48. The third-order valence-corrected chi connectivity index (χ3v) is 2.86. The van der Waals surface area contributed by atoms with Gasteiger partial charge in [-0.25, -0.2) is 0 Å². The Hall–Kier alpha value is -0.830. The van der Waals surface area contributed by atoms with Crippen LogP contribution < -0.4 is 5.73 Å². The van der Waals surface area contributed by atoms with Gasteiger partial charge in [0.05, 0.1) is 5.92 Å². The summed E-state index contributed by atoms with van der Waals surface area (Å²) >= 11 is 0. The van der Waals surface area contributed by atoms with Gasteiger partial charge in [-0.3, -0.25) is 4.79 Å². The summed E-state index contributed by atoms with van der Waals surface area (Å²) in [7, 11) is 0. The van der Waals surface area contributed by atoms with Crippen LogP contribution in [0.5, 0.6) is 0 Å². The van der Waals surface area contributed by atoms with Gasteiger partial charge in [0.15, 0.2) is 0 Å². The van der Waals surface area contributed by atoms with Gasteiger partial charge in [0.2, 0.25) is 0 Å². The zero-order valence-electron chi connectivity index (χ0n) is 8.58. The number of carbonyl (C=O) groups excluding carboxylic acids is 1. The smallest absolute Gasteiger partial charge is 0.309 e. The van der Waals surface area contributed by atoms with Gasteiger partial charge in [-0.05, 0) is 38.1 Å². The molecule has 1 rings (SSSR count). The van der Waals surface area contributed by atoms with E-state index in [0.29, 0.717) is 12.5 Å². The number of esters is 1. The first-order chi connectivity index (χ1) is 6.77. The maximum Gasteiger partial charge on any atom is 0.309 e. The Kier molecular flexibility index (Phi) is 4.66. The summed E-state index contributed by atoms with van der Waals surface area (Å²) < 4.78 is 5.01. The van der Waals surface area contributed by atoms with Crippen LogP contribution in [0.1, 0.15) is 25.7 Å². The Morgan fingerprint density at radius 1 is 1.43 bits per heavy atom. The average Bonchev–Trinajstić information content (AvgIpc) is 2.26. The third-order valence-electron chi connectivity index (χ3n) is 2.86. The van der Waals surface area contributed by atoms with Crippen LogP contribution in [0.25, 0.3) is 0 Å². The molecule has 0 atom stereocenters. The fraction of sp³-hybridized carbons (Fsp3) is 0.727. The Bertz CT molecular complexity index is 195. The second-order valence-corrected chi connectivity index (χ2v) is 3.87. The standard InChI is InChI=1S/C11H19NO2/c1-2-7-14-11(13)10-5-3-9(8-12)4-6-10/h2,9-10H,1,3-8,12H2. The highest BCUT2D eigenvalue weighted by molar-refractivity contribution is 5.72. The maximum atomic E-state index is 11.5. The van der Waals surface area contributed by atoms with Crippen LogP contribution in [0.4, 0.5) is 0 Å². The lowest BCUT2D eigenvalue weighted by Crippen LogP contribution is -2.26. The molecule has 80 valence electrons. The molecular weight excluding hydrogens is 178 g/mol. The fourth-order valence-electron chi connectivity index (χ4n) is 1.89. The molecule has 0 aromatic carbocycles. The van der Waals surface area contributed by atoms with Gasteiger partial charge < -0.3 is 10.5 Å². The topological polar surface area (TPSA) is 52.3 Å². The maximum absolute atomic E-state index is 11.5. The van der Waals surface area contributed by atoms with Crippen molar-refractivity contribution in [3.05, 3.63) is 12.7 Å². The summed E-state index contributed by atoms with van der Waals surface area (Å²) in [6, 6.07) is 0. The average molecular weight is 197 g/mol. The Labute approximate surface area is 85.3 Å². The van der Waals surface area contributed by atoms with Crippen molar-refractivity contribution in [2.75, 3.05) is 13.2 Å².